The van der Waals surface area contributed by atoms with E-state index >= 15 is 0 Å². The third-order valence-corrected chi connectivity index (χ3v) is 5.65. The molecule has 0 atom stereocenters. The molecular formula is C19H25N3O2S. The number of carboxylic acid groups (broad SMARTS) is 1. The number of anilines is 3. The van der Waals surface area contributed by atoms with Crippen molar-refractivity contribution >= 4 is 33.8 Å². The molecule has 1 saturated heterocycles. The Morgan fingerprint density at radius 1 is 1.32 bits per heavy atom. The number of piperidine rings is 1. The van der Waals surface area contributed by atoms with Crippen LogP contribution in [0.3, 0.4) is 0 Å². The van der Waals surface area contributed by atoms with E-state index < -0.39 is 5.97 Å². The highest BCUT2D eigenvalue weighted by atomic mass is 32.1. The maximum atomic E-state index is 11.3. The van der Waals surface area contributed by atoms with Crippen LogP contribution in [0.25, 0.3) is 0 Å². The summed E-state index contributed by atoms with van der Waals surface area (Å²) in [6, 6.07) is 8.32. The second kappa shape index (κ2) is 7.87. The second-order valence-electron chi connectivity index (χ2n) is 6.69. The van der Waals surface area contributed by atoms with Crippen LogP contribution in [-0.2, 0) is 6.42 Å². The lowest BCUT2D eigenvalue weighted by atomic mass is 9.99. The maximum Gasteiger partial charge on any atom is 0.347 e. The van der Waals surface area contributed by atoms with Gasteiger partial charge >= 0.3 is 5.97 Å². The summed E-state index contributed by atoms with van der Waals surface area (Å²) in [6.07, 6.45) is 4.06. The highest BCUT2D eigenvalue weighted by Gasteiger charge is 2.18. The van der Waals surface area contributed by atoms with E-state index in [4.69, 9.17) is 0 Å². The van der Waals surface area contributed by atoms with Crippen LogP contribution in [0.4, 0.5) is 16.5 Å². The predicted octanol–water partition coefficient (Wildman–Crippen LogP) is 4.77. The number of benzene rings is 1. The number of thiazole rings is 1. The first-order valence-electron chi connectivity index (χ1n) is 8.92. The van der Waals surface area contributed by atoms with Crippen molar-refractivity contribution in [2.75, 3.05) is 23.3 Å². The summed E-state index contributed by atoms with van der Waals surface area (Å²) in [5.41, 5.74) is 2.85. The van der Waals surface area contributed by atoms with Crippen molar-refractivity contribution in [1.29, 1.82) is 0 Å². The fourth-order valence-electron chi connectivity index (χ4n) is 3.12. The molecule has 2 N–H and O–H groups in total. The maximum absolute atomic E-state index is 11.3. The normalized spacial score (nSPS) is 15.4. The lowest BCUT2D eigenvalue weighted by molar-refractivity contribution is 0.0700. The molecule has 2 aromatic rings. The molecule has 6 heteroatoms. The molecule has 134 valence electrons. The number of hydrogen-bond donors (Lipinski definition) is 2. The third kappa shape index (κ3) is 4.31. The Labute approximate surface area is 152 Å². The Balaban J connectivity index is 1.69. The van der Waals surface area contributed by atoms with Crippen LogP contribution in [0.15, 0.2) is 24.3 Å². The monoisotopic (exact) mass is 359 g/mol. The molecule has 0 aliphatic carbocycles. The van der Waals surface area contributed by atoms with E-state index in [-0.39, 0.29) is 0 Å². The van der Waals surface area contributed by atoms with E-state index in [9.17, 15) is 9.90 Å². The second-order valence-corrected chi connectivity index (χ2v) is 7.69. The molecule has 0 amide bonds. The van der Waals surface area contributed by atoms with Crippen molar-refractivity contribution in [2.24, 2.45) is 5.92 Å². The number of aromatic nitrogens is 1. The van der Waals surface area contributed by atoms with Crippen molar-refractivity contribution in [3.8, 4) is 0 Å². The molecule has 5 nitrogen and oxygen atoms in total. The number of nitrogens with one attached hydrogen (secondary N) is 1. The summed E-state index contributed by atoms with van der Waals surface area (Å²) in [4.78, 5) is 18.6. The third-order valence-electron chi connectivity index (χ3n) is 4.65. The minimum atomic E-state index is -0.899. The topological polar surface area (TPSA) is 65.5 Å². The molecule has 25 heavy (non-hydrogen) atoms. The molecule has 0 spiro atoms. The van der Waals surface area contributed by atoms with E-state index in [1.165, 1.54) is 29.9 Å². The van der Waals surface area contributed by atoms with Gasteiger partial charge in [-0.15, -0.1) is 0 Å². The highest BCUT2D eigenvalue weighted by molar-refractivity contribution is 7.17. The van der Waals surface area contributed by atoms with Gasteiger partial charge < -0.3 is 15.3 Å². The van der Waals surface area contributed by atoms with Crippen molar-refractivity contribution in [3.63, 3.8) is 0 Å². The molecule has 3 rings (SSSR count). The van der Waals surface area contributed by atoms with Crippen LogP contribution in [0.2, 0.25) is 0 Å². The minimum absolute atomic E-state index is 0.336. The fourth-order valence-corrected chi connectivity index (χ4v) is 4.00. The van der Waals surface area contributed by atoms with Crippen molar-refractivity contribution < 1.29 is 9.90 Å². The van der Waals surface area contributed by atoms with Crippen LogP contribution in [0.5, 0.6) is 0 Å². The SMILES string of the molecule is CCCc1nc(Nc2ccc(N3CCC(C)CC3)cc2)sc1C(=O)O. The summed E-state index contributed by atoms with van der Waals surface area (Å²) in [6.45, 7) is 6.57. The summed E-state index contributed by atoms with van der Waals surface area (Å²) in [5.74, 6) is -0.0773. The van der Waals surface area contributed by atoms with Gasteiger partial charge in [0.15, 0.2) is 5.13 Å². The number of hydrogen-bond acceptors (Lipinski definition) is 5. The highest BCUT2D eigenvalue weighted by Crippen LogP contribution is 2.29. The summed E-state index contributed by atoms with van der Waals surface area (Å²) in [7, 11) is 0. The molecule has 0 bridgehead atoms. The molecule has 1 aliphatic rings. The van der Waals surface area contributed by atoms with Gasteiger partial charge in [-0.25, -0.2) is 9.78 Å². The van der Waals surface area contributed by atoms with Gasteiger partial charge in [0.1, 0.15) is 4.88 Å². The molecule has 0 unspecified atom stereocenters. The zero-order valence-corrected chi connectivity index (χ0v) is 15.6. The first-order valence-corrected chi connectivity index (χ1v) is 9.73. The van der Waals surface area contributed by atoms with E-state index in [1.54, 1.807) is 0 Å². The number of aryl methyl sites for hydroxylation is 1. The molecular weight excluding hydrogens is 334 g/mol. The van der Waals surface area contributed by atoms with Gasteiger partial charge in [0.2, 0.25) is 0 Å². The van der Waals surface area contributed by atoms with Gasteiger partial charge in [0, 0.05) is 24.5 Å². The summed E-state index contributed by atoms with van der Waals surface area (Å²) >= 11 is 1.20. The van der Waals surface area contributed by atoms with Crippen molar-refractivity contribution in [1.82, 2.24) is 4.98 Å². The van der Waals surface area contributed by atoms with Crippen LogP contribution in [0, 0.1) is 5.92 Å². The molecule has 1 aromatic carbocycles. The van der Waals surface area contributed by atoms with Crippen LogP contribution in [-0.4, -0.2) is 29.1 Å². The Morgan fingerprint density at radius 3 is 2.60 bits per heavy atom. The summed E-state index contributed by atoms with van der Waals surface area (Å²) in [5, 5.41) is 13.2. The Bertz CT molecular complexity index is 719. The quantitative estimate of drug-likeness (QED) is 0.777. The summed E-state index contributed by atoms with van der Waals surface area (Å²) < 4.78 is 0. The van der Waals surface area contributed by atoms with Gasteiger partial charge in [0.05, 0.1) is 5.69 Å². The fraction of sp³-hybridized carbons (Fsp3) is 0.474. The number of nitrogens with zero attached hydrogens (tertiary/aromatic N) is 2. The number of aromatic carboxylic acids is 1. The Kier molecular flexibility index (Phi) is 5.58. The average molecular weight is 359 g/mol. The number of rotatable bonds is 6. The van der Waals surface area contributed by atoms with Crippen LogP contribution in [0.1, 0.15) is 48.5 Å². The van der Waals surface area contributed by atoms with Gasteiger partial charge in [-0.3, -0.25) is 0 Å². The van der Waals surface area contributed by atoms with Crippen LogP contribution < -0.4 is 10.2 Å². The lowest BCUT2D eigenvalue weighted by Gasteiger charge is -2.32. The van der Waals surface area contributed by atoms with E-state index in [1.807, 2.05) is 19.1 Å². The number of carboxylic acids is 1. The van der Waals surface area contributed by atoms with Crippen LogP contribution >= 0.6 is 11.3 Å². The average Bonchev–Trinajstić information content (AvgIpc) is 2.99. The zero-order chi connectivity index (χ0) is 17.8. The van der Waals surface area contributed by atoms with Gasteiger partial charge in [0.25, 0.3) is 0 Å². The first-order chi connectivity index (χ1) is 12.1. The molecule has 0 saturated carbocycles. The first kappa shape index (κ1) is 17.7. The smallest absolute Gasteiger partial charge is 0.347 e. The van der Waals surface area contributed by atoms with Gasteiger partial charge in [-0.05, 0) is 49.4 Å². The van der Waals surface area contributed by atoms with E-state index in [2.05, 4.69) is 34.3 Å². The molecule has 1 aromatic heterocycles. The number of carbonyl (C=O) groups is 1. The Hall–Kier alpha value is -2.08. The molecule has 1 aliphatic heterocycles. The zero-order valence-electron chi connectivity index (χ0n) is 14.8. The molecule has 0 radical (unpaired) electrons. The lowest BCUT2D eigenvalue weighted by Crippen LogP contribution is -2.32. The Morgan fingerprint density at radius 2 is 2.00 bits per heavy atom. The van der Waals surface area contributed by atoms with Crippen molar-refractivity contribution in [2.45, 2.75) is 39.5 Å². The van der Waals surface area contributed by atoms with Crippen molar-refractivity contribution in [3.05, 3.63) is 34.8 Å². The van der Waals surface area contributed by atoms with E-state index in [0.717, 1.165) is 31.1 Å². The van der Waals surface area contributed by atoms with Gasteiger partial charge in [-0.1, -0.05) is 31.6 Å². The van der Waals surface area contributed by atoms with E-state index in [0.29, 0.717) is 22.1 Å². The molecule has 1 fully saturated rings. The predicted molar refractivity (Wildman–Crippen MR) is 103 cm³/mol. The molecule has 2 heterocycles. The largest absolute Gasteiger partial charge is 0.477 e. The van der Waals surface area contributed by atoms with Gasteiger partial charge in [-0.2, -0.15) is 0 Å². The minimum Gasteiger partial charge on any atom is -0.477 e. The standard InChI is InChI=1S/C19H25N3O2S/c1-3-4-16-17(18(23)24)25-19(21-16)20-14-5-7-15(8-6-14)22-11-9-13(2)10-12-22/h5-8,13H,3-4,9-12H2,1-2H3,(H,20,21)(H,23,24).